The summed E-state index contributed by atoms with van der Waals surface area (Å²) in [7, 11) is -1.66. The minimum atomic E-state index is -4.22. The van der Waals surface area contributed by atoms with E-state index >= 15 is 0 Å². The van der Waals surface area contributed by atoms with Crippen LogP contribution >= 0.6 is 7.92 Å². The lowest BCUT2D eigenvalue weighted by atomic mass is 9.78. The van der Waals surface area contributed by atoms with Crippen LogP contribution in [-0.2, 0) is 19.6 Å². The normalized spacial score (nSPS) is 31.4. The zero-order valence-corrected chi connectivity index (χ0v) is 18.2. The standard InChI is InChI=1S/C19H29O6PS/c1-19(2,3)26-11-25-14-8-6-7-12(18(14)26)16-13(23-4)9-10-15(17(16)24-5)27(20,21)22/h6-8,13,15-17H,9-11H2,1-5H3,(H,20,21,22)/t13-,15?,16?,17?,26-/m1/s1. The van der Waals surface area contributed by atoms with E-state index in [2.05, 4.69) is 20.8 Å². The van der Waals surface area contributed by atoms with Gasteiger partial charge in [0.2, 0.25) is 0 Å². The first kappa shape index (κ1) is 21.0. The molecular formula is C19H29O6PS. The van der Waals surface area contributed by atoms with Crippen LogP contribution in [-0.4, -0.2) is 56.2 Å². The zero-order valence-electron chi connectivity index (χ0n) is 16.5. The Kier molecular flexibility index (Phi) is 5.91. The first-order chi connectivity index (χ1) is 12.6. The average Bonchev–Trinajstić information content (AvgIpc) is 3.04. The van der Waals surface area contributed by atoms with Gasteiger partial charge in [0.15, 0.2) is 0 Å². The summed E-state index contributed by atoms with van der Waals surface area (Å²) in [6, 6.07) is 5.94. The number of methoxy groups -OCH3 is 2. The Labute approximate surface area is 163 Å². The summed E-state index contributed by atoms with van der Waals surface area (Å²) in [5.74, 6) is 0.580. The molecule has 1 aromatic carbocycles. The maximum atomic E-state index is 12.0. The van der Waals surface area contributed by atoms with Crippen LogP contribution < -0.4 is 10.0 Å². The van der Waals surface area contributed by atoms with Gasteiger partial charge < -0.3 is 14.2 Å². The summed E-state index contributed by atoms with van der Waals surface area (Å²) < 4.78 is 51.2. The topological polar surface area (TPSA) is 82.1 Å². The molecule has 1 heterocycles. The fourth-order valence-corrected chi connectivity index (χ4v) is 7.76. The molecule has 0 bridgehead atoms. The first-order valence-corrected chi connectivity index (χ1v) is 12.2. The minimum Gasteiger partial charge on any atom is -0.488 e. The number of benzene rings is 1. The summed E-state index contributed by atoms with van der Waals surface area (Å²) >= 11 is 0. The zero-order chi connectivity index (χ0) is 20.0. The lowest BCUT2D eigenvalue weighted by molar-refractivity contribution is -0.0296. The number of rotatable bonds is 4. The smallest absolute Gasteiger partial charge is 0.270 e. The Morgan fingerprint density at radius 1 is 1.19 bits per heavy atom. The average molecular weight is 416 g/mol. The van der Waals surface area contributed by atoms with Crippen LogP contribution in [0.5, 0.6) is 5.75 Å². The van der Waals surface area contributed by atoms with Gasteiger partial charge in [-0.15, -0.1) is 0 Å². The van der Waals surface area contributed by atoms with Gasteiger partial charge in [-0.1, -0.05) is 32.9 Å². The molecule has 2 aliphatic rings. The molecule has 0 spiro atoms. The molecule has 1 saturated carbocycles. The summed E-state index contributed by atoms with van der Waals surface area (Å²) in [4.78, 5) is 0. The highest BCUT2D eigenvalue weighted by atomic mass is 32.2. The van der Waals surface area contributed by atoms with Crippen molar-refractivity contribution in [2.75, 3.05) is 20.6 Å². The highest BCUT2D eigenvalue weighted by Crippen LogP contribution is 2.56. The second-order valence-electron chi connectivity index (χ2n) is 8.20. The van der Waals surface area contributed by atoms with Crippen LogP contribution in [0.4, 0.5) is 0 Å². The molecule has 0 amide bonds. The van der Waals surface area contributed by atoms with Crippen molar-refractivity contribution < 1.29 is 27.2 Å². The molecule has 0 saturated heterocycles. The van der Waals surface area contributed by atoms with E-state index in [4.69, 9.17) is 14.2 Å². The second kappa shape index (κ2) is 7.60. The quantitative estimate of drug-likeness (QED) is 0.600. The second-order valence-corrected chi connectivity index (χ2v) is 12.7. The van der Waals surface area contributed by atoms with E-state index in [0.29, 0.717) is 19.2 Å². The largest absolute Gasteiger partial charge is 0.488 e. The Morgan fingerprint density at radius 2 is 1.89 bits per heavy atom. The molecule has 1 fully saturated rings. The number of hydrogen-bond acceptors (Lipinski definition) is 5. The van der Waals surface area contributed by atoms with Gasteiger partial charge in [0.1, 0.15) is 17.3 Å². The predicted octanol–water partition coefficient (Wildman–Crippen LogP) is 3.11. The third-order valence-corrected chi connectivity index (χ3v) is 9.93. The SMILES string of the molecule is COC1C(c2cccc3c2[P@](C(C)(C)C)CO3)[C@H](OC)CCC1S(=O)(=O)O. The maximum Gasteiger partial charge on any atom is 0.270 e. The number of hydrogen-bond donors (Lipinski definition) is 1. The van der Waals surface area contributed by atoms with E-state index in [1.54, 1.807) is 7.11 Å². The Hall–Kier alpha value is -0.720. The molecule has 1 aliphatic heterocycles. The maximum absolute atomic E-state index is 12.0. The van der Waals surface area contributed by atoms with Crippen LogP contribution in [0.3, 0.4) is 0 Å². The summed E-state index contributed by atoms with van der Waals surface area (Å²) in [6.07, 6.45) is 0.657. The molecule has 0 aromatic heterocycles. The van der Waals surface area contributed by atoms with Crippen molar-refractivity contribution in [3.8, 4) is 5.75 Å². The molecule has 6 nitrogen and oxygen atoms in total. The highest BCUT2D eigenvalue weighted by Gasteiger charge is 2.48. The summed E-state index contributed by atoms with van der Waals surface area (Å²) in [5, 5.41) is 0.266. The molecule has 1 aromatic rings. The minimum absolute atomic E-state index is 0.0545. The monoisotopic (exact) mass is 416 g/mol. The number of ether oxygens (including phenoxy) is 3. The van der Waals surface area contributed by atoms with Crippen molar-refractivity contribution in [1.82, 2.24) is 0 Å². The van der Waals surface area contributed by atoms with Gasteiger partial charge in [-0.05, 0) is 37.5 Å². The molecule has 1 N–H and O–H groups in total. The number of fused-ring (bicyclic) bond motifs is 1. The van der Waals surface area contributed by atoms with Gasteiger partial charge in [0, 0.05) is 25.4 Å². The van der Waals surface area contributed by atoms with Crippen LogP contribution in [0, 0.1) is 0 Å². The fraction of sp³-hybridized carbons (Fsp3) is 0.684. The van der Waals surface area contributed by atoms with E-state index in [1.807, 2.05) is 18.2 Å². The molecular weight excluding hydrogens is 387 g/mol. The first-order valence-electron chi connectivity index (χ1n) is 9.14. The van der Waals surface area contributed by atoms with Gasteiger partial charge in [0.05, 0.1) is 12.2 Å². The molecule has 8 heteroatoms. The molecule has 152 valence electrons. The Bertz CT molecular complexity index is 788. The molecule has 3 unspecified atom stereocenters. The van der Waals surface area contributed by atoms with E-state index < -0.39 is 29.4 Å². The lowest BCUT2D eigenvalue weighted by Gasteiger charge is -2.42. The Morgan fingerprint density at radius 3 is 2.44 bits per heavy atom. The predicted molar refractivity (Wildman–Crippen MR) is 107 cm³/mol. The molecule has 0 radical (unpaired) electrons. The van der Waals surface area contributed by atoms with Crippen molar-refractivity contribution in [1.29, 1.82) is 0 Å². The van der Waals surface area contributed by atoms with Crippen molar-refractivity contribution in [3.63, 3.8) is 0 Å². The van der Waals surface area contributed by atoms with Crippen molar-refractivity contribution in [2.45, 2.75) is 62.1 Å². The van der Waals surface area contributed by atoms with Crippen LogP contribution in [0.1, 0.15) is 45.1 Å². The van der Waals surface area contributed by atoms with E-state index in [9.17, 15) is 13.0 Å². The van der Waals surface area contributed by atoms with Crippen molar-refractivity contribution in [2.24, 2.45) is 0 Å². The van der Waals surface area contributed by atoms with Crippen molar-refractivity contribution >= 4 is 23.3 Å². The highest BCUT2D eigenvalue weighted by molar-refractivity contribution is 7.86. The van der Waals surface area contributed by atoms with Crippen LogP contribution in [0.15, 0.2) is 18.2 Å². The van der Waals surface area contributed by atoms with Gasteiger partial charge in [-0.3, -0.25) is 4.55 Å². The van der Waals surface area contributed by atoms with Crippen molar-refractivity contribution in [3.05, 3.63) is 23.8 Å². The van der Waals surface area contributed by atoms with Gasteiger partial charge in [-0.25, -0.2) is 0 Å². The van der Waals surface area contributed by atoms with E-state index in [0.717, 1.165) is 11.3 Å². The van der Waals surface area contributed by atoms with Gasteiger partial charge >= 0.3 is 0 Å². The van der Waals surface area contributed by atoms with Crippen LogP contribution in [0.25, 0.3) is 0 Å². The van der Waals surface area contributed by atoms with E-state index in [-0.39, 0.29) is 17.2 Å². The summed E-state index contributed by atoms with van der Waals surface area (Å²) in [5.41, 5.74) is 1.03. The molecule has 3 rings (SSSR count). The molecule has 27 heavy (non-hydrogen) atoms. The third-order valence-electron chi connectivity index (χ3n) is 5.63. The molecule has 5 atom stereocenters. The molecule has 1 aliphatic carbocycles. The summed E-state index contributed by atoms with van der Waals surface area (Å²) in [6.45, 7) is 6.62. The van der Waals surface area contributed by atoms with Crippen LogP contribution in [0.2, 0.25) is 0 Å². The lowest BCUT2D eigenvalue weighted by Crippen LogP contribution is -2.49. The fourth-order valence-electron chi connectivity index (χ4n) is 4.31. The third kappa shape index (κ3) is 3.90. The van der Waals surface area contributed by atoms with E-state index in [1.165, 1.54) is 12.4 Å². The Balaban J connectivity index is 2.14. The van der Waals surface area contributed by atoms with Gasteiger partial charge in [0.25, 0.3) is 10.1 Å². The van der Waals surface area contributed by atoms with Gasteiger partial charge in [-0.2, -0.15) is 8.42 Å².